The summed E-state index contributed by atoms with van der Waals surface area (Å²) in [6.07, 6.45) is 1.51. The summed E-state index contributed by atoms with van der Waals surface area (Å²) in [5.41, 5.74) is 8.66. The van der Waals surface area contributed by atoms with Gasteiger partial charge in [-0.3, -0.25) is 9.69 Å². The van der Waals surface area contributed by atoms with Gasteiger partial charge in [-0.25, -0.2) is 0 Å². The monoisotopic (exact) mass is 461 g/mol. The Bertz CT molecular complexity index is 1190. The largest absolute Gasteiger partial charge is 0.454 e. The number of amides is 1. The molecule has 0 unspecified atom stereocenters. The number of likely N-dealkylation sites (tertiary alicyclic amines) is 1. The van der Waals surface area contributed by atoms with E-state index in [1.807, 2.05) is 43.3 Å². The Morgan fingerprint density at radius 3 is 2.71 bits per heavy atom. The highest BCUT2D eigenvalue weighted by molar-refractivity contribution is 5.93. The molecule has 2 aromatic carbocycles. The SMILES string of the molecule is Cc1ccccc1Nc1nc(N)nc(CN2CCC(C(=O)Nc3ccc4c(c3)OCO4)CC2)n1. The van der Waals surface area contributed by atoms with Gasteiger partial charge in [0.05, 0.1) is 6.54 Å². The summed E-state index contributed by atoms with van der Waals surface area (Å²) in [5.74, 6) is 2.53. The molecule has 0 spiro atoms. The van der Waals surface area contributed by atoms with Crippen LogP contribution in [0.5, 0.6) is 11.5 Å². The Hall–Kier alpha value is -3.92. The van der Waals surface area contributed by atoms with Gasteiger partial charge >= 0.3 is 0 Å². The van der Waals surface area contributed by atoms with Gasteiger partial charge in [-0.05, 0) is 56.6 Å². The third kappa shape index (κ3) is 5.01. The first-order chi connectivity index (χ1) is 16.5. The van der Waals surface area contributed by atoms with Gasteiger partial charge < -0.3 is 25.8 Å². The van der Waals surface area contributed by atoms with Crippen LogP contribution in [0.1, 0.15) is 24.2 Å². The zero-order valence-electron chi connectivity index (χ0n) is 19.0. The third-order valence-corrected chi connectivity index (χ3v) is 6.05. The Kier molecular flexibility index (Phi) is 6.13. The fourth-order valence-electron chi connectivity index (χ4n) is 4.17. The van der Waals surface area contributed by atoms with E-state index in [9.17, 15) is 4.79 Å². The Labute approximate surface area is 197 Å². The zero-order valence-corrected chi connectivity index (χ0v) is 19.0. The minimum absolute atomic E-state index is 0.0210. The average Bonchev–Trinajstić information content (AvgIpc) is 3.29. The number of piperidine rings is 1. The van der Waals surface area contributed by atoms with Crippen molar-refractivity contribution in [2.24, 2.45) is 5.92 Å². The molecule has 4 N–H and O–H groups in total. The molecule has 0 saturated carbocycles. The van der Waals surface area contributed by atoms with Crippen LogP contribution in [0.2, 0.25) is 0 Å². The van der Waals surface area contributed by atoms with Crippen LogP contribution >= 0.6 is 0 Å². The minimum atomic E-state index is -0.0524. The van der Waals surface area contributed by atoms with Gasteiger partial charge in [-0.1, -0.05) is 18.2 Å². The van der Waals surface area contributed by atoms with E-state index in [4.69, 9.17) is 15.2 Å². The molecule has 2 aliphatic heterocycles. The number of ether oxygens (including phenoxy) is 2. The highest BCUT2D eigenvalue weighted by Gasteiger charge is 2.26. The van der Waals surface area contributed by atoms with Gasteiger partial charge in [0.2, 0.25) is 24.6 Å². The average molecular weight is 462 g/mol. The van der Waals surface area contributed by atoms with E-state index in [0.717, 1.165) is 37.2 Å². The van der Waals surface area contributed by atoms with Gasteiger partial charge in [0.25, 0.3) is 0 Å². The second-order valence-corrected chi connectivity index (χ2v) is 8.48. The van der Waals surface area contributed by atoms with Crippen molar-refractivity contribution >= 4 is 29.2 Å². The molecule has 0 aliphatic carbocycles. The number of carbonyl (C=O) groups excluding carboxylic acids is 1. The van der Waals surface area contributed by atoms with Crippen LogP contribution in [0, 0.1) is 12.8 Å². The molecule has 5 rings (SSSR count). The standard InChI is InChI=1S/C24H27N7O3/c1-15-4-2-3-5-18(15)27-24-29-21(28-23(25)30-24)13-31-10-8-16(9-11-31)22(32)26-17-6-7-19-20(12-17)34-14-33-19/h2-7,12,16H,8-11,13-14H2,1H3,(H,26,32)(H3,25,27,28,29,30). The van der Waals surface area contributed by atoms with Gasteiger partial charge in [-0.2, -0.15) is 15.0 Å². The Balaban J connectivity index is 1.16. The van der Waals surface area contributed by atoms with Crippen LogP contribution in [0.15, 0.2) is 42.5 Å². The molecule has 1 saturated heterocycles. The van der Waals surface area contributed by atoms with Crippen LogP contribution < -0.4 is 25.8 Å². The molecule has 2 aliphatic rings. The number of carbonyl (C=O) groups is 1. The van der Waals surface area contributed by atoms with Gasteiger partial charge in [0, 0.05) is 23.4 Å². The van der Waals surface area contributed by atoms with Crippen molar-refractivity contribution in [2.75, 3.05) is 36.2 Å². The summed E-state index contributed by atoms with van der Waals surface area (Å²) < 4.78 is 10.7. The maximum absolute atomic E-state index is 12.8. The van der Waals surface area contributed by atoms with Gasteiger partial charge in [-0.15, -0.1) is 0 Å². The van der Waals surface area contributed by atoms with E-state index < -0.39 is 0 Å². The highest BCUT2D eigenvalue weighted by atomic mass is 16.7. The Morgan fingerprint density at radius 1 is 1.09 bits per heavy atom. The quantitative estimate of drug-likeness (QED) is 0.507. The van der Waals surface area contributed by atoms with Gasteiger partial charge in [0.15, 0.2) is 11.5 Å². The molecule has 34 heavy (non-hydrogen) atoms. The molecular formula is C24H27N7O3. The number of benzene rings is 2. The molecular weight excluding hydrogens is 434 g/mol. The van der Waals surface area contributed by atoms with E-state index >= 15 is 0 Å². The first-order valence-corrected chi connectivity index (χ1v) is 11.3. The summed E-state index contributed by atoms with van der Waals surface area (Å²) in [4.78, 5) is 28.1. The second-order valence-electron chi connectivity index (χ2n) is 8.48. The zero-order chi connectivity index (χ0) is 23.5. The number of nitrogens with two attached hydrogens (primary N) is 1. The number of para-hydroxylation sites is 1. The molecule has 176 valence electrons. The normalized spacial score (nSPS) is 15.8. The lowest BCUT2D eigenvalue weighted by Crippen LogP contribution is -2.38. The number of fused-ring (bicyclic) bond motifs is 1. The van der Waals surface area contributed by atoms with Crippen LogP contribution in [0.3, 0.4) is 0 Å². The van der Waals surface area contributed by atoms with Crippen molar-refractivity contribution in [3.63, 3.8) is 0 Å². The molecule has 0 bridgehead atoms. The number of aryl methyl sites for hydroxylation is 1. The van der Waals surface area contributed by atoms with Crippen LogP contribution in [-0.2, 0) is 11.3 Å². The fourth-order valence-corrected chi connectivity index (χ4v) is 4.17. The lowest BCUT2D eigenvalue weighted by Gasteiger charge is -2.30. The number of anilines is 4. The number of hydrogen-bond donors (Lipinski definition) is 3. The summed E-state index contributed by atoms with van der Waals surface area (Å²) in [5, 5.41) is 6.22. The predicted molar refractivity (Wildman–Crippen MR) is 128 cm³/mol. The molecule has 1 aromatic heterocycles. The maximum Gasteiger partial charge on any atom is 0.232 e. The molecule has 3 heterocycles. The third-order valence-electron chi connectivity index (χ3n) is 6.05. The number of nitrogen functional groups attached to an aromatic ring is 1. The van der Waals surface area contributed by atoms with E-state index in [0.29, 0.717) is 35.5 Å². The molecule has 10 heteroatoms. The molecule has 10 nitrogen and oxygen atoms in total. The summed E-state index contributed by atoms with van der Waals surface area (Å²) in [6.45, 7) is 4.31. The predicted octanol–water partition coefficient (Wildman–Crippen LogP) is 3.09. The van der Waals surface area contributed by atoms with Crippen LogP contribution in [-0.4, -0.2) is 45.6 Å². The van der Waals surface area contributed by atoms with Crippen molar-refractivity contribution in [2.45, 2.75) is 26.3 Å². The molecule has 1 fully saturated rings. The van der Waals surface area contributed by atoms with E-state index in [2.05, 4.69) is 30.5 Å². The van der Waals surface area contributed by atoms with E-state index in [1.54, 1.807) is 6.07 Å². The highest BCUT2D eigenvalue weighted by Crippen LogP contribution is 2.34. The summed E-state index contributed by atoms with van der Waals surface area (Å²) >= 11 is 0. The number of nitrogens with one attached hydrogen (secondary N) is 2. The first kappa shape index (κ1) is 21.9. The number of nitrogens with zero attached hydrogens (tertiary/aromatic N) is 4. The van der Waals surface area contributed by atoms with Crippen molar-refractivity contribution in [1.29, 1.82) is 0 Å². The van der Waals surface area contributed by atoms with E-state index in [1.165, 1.54) is 0 Å². The summed E-state index contributed by atoms with van der Waals surface area (Å²) in [7, 11) is 0. The van der Waals surface area contributed by atoms with Gasteiger partial charge in [0.1, 0.15) is 5.82 Å². The smallest absolute Gasteiger partial charge is 0.232 e. The lowest BCUT2D eigenvalue weighted by atomic mass is 9.96. The van der Waals surface area contributed by atoms with Crippen molar-refractivity contribution < 1.29 is 14.3 Å². The first-order valence-electron chi connectivity index (χ1n) is 11.3. The van der Waals surface area contributed by atoms with Crippen LogP contribution in [0.4, 0.5) is 23.3 Å². The Morgan fingerprint density at radius 2 is 1.88 bits per heavy atom. The minimum Gasteiger partial charge on any atom is -0.454 e. The molecule has 1 amide bonds. The molecule has 3 aromatic rings. The van der Waals surface area contributed by atoms with E-state index in [-0.39, 0.29) is 24.6 Å². The van der Waals surface area contributed by atoms with Crippen LogP contribution in [0.25, 0.3) is 0 Å². The number of rotatable bonds is 6. The van der Waals surface area contributed by atoms with Crippen molar-refractivity contribution in [3.8, 4) is 11.5 Å². The number of hydrogen-bond acceptors (Lipinski definition) is 9. The topological polar surface area (TPSA) is 128 Å². The fraction of sp³-hybridized carbons (Fsp3) is 0.333. The second kappa shape index (κ2) is 9.52. The molecule has 0 atom stereocenters. The molecule has 0 radical (unpaired) electrons. The number of aromatic nitrogens is 3. The van der Waals surface area contributed by atoms with Crippen molar-refractivity contribution in [3.05, 3.63) is 53.9 Å². The lowest BCUT2D eigenvalue weighted by molar-refractivity contribution is -0.121. The summed E-state index contributed by atoms with van der Waals surface area (Å²) in [6, 6.07) is 13.3. The maximum atomic E-state index is 12.8. The van der Waals surface area contributed by atoms with Crippen molar-refractivity contribution in [1.82, 2.24) is 19.9 Å².